The Labute approximate surface area is 119 Å². The smallest absolute Gasteiger partial charge is 0.238 e. The Kier molecular flexibility index (Phi) is 6.14. The summed E-state index contributed by atoms with van der Waals surface area (Å²) in [4.78, 5) is 26.2. The predicted octanol–water partition coefficient (Wildman–Crippen LogP) is -0.261. The Morgan fingerprint density at radius 2 is 1.65 bits per heavy atom. The molecule has 0 radical (unpaired) electrons. The highest BCUT2D eigenvalue weighted by atomic mass is 16.2. The summed E-state index contributed by atoms with van der Waals surface area (Å²) in [5.74, 6) is 4.90. The van der Waals surface area contributed by atoms with Gasteiger partial charge in [-0.1, -0.05) is 24.3 Å². The summed E-state index contributed by atoms with van der Waals surface area (Å²) in [5, 5.41) is 0. The molecule has 1 aromatic carbocycles. The molecule has 0 unspecified atom stereocenters. The highest BCUT2D eigenvalue weighted by Crippen LogP contribution is 2.07. The van der Waals surface area contributed by atoms with E-state index < -0.39 is 0 Å². The first kappa shape index (κ1) is 16.1. The Hall–Kier alpha value is -1.92. The van der Waals surface area contributed by atoms with Gasteiger partial charge in [0.15, 0.2) is 0 Å². The van der Waals surface area contributed by atoms with Crippen LogP contribution in [0.15, 0.2) is 24.3 Å². The first-order chi connectivity index (χ1) is 9.42. The van der Waals surface area contributed by atoms with E-state index in [-0.39, 0.29) is 18.2 Å². The minimum atomic E-state index is -0.216. The normalized spacial score (nSPS) is 10.4. The maximum atomic E-state index is 11.6. The molecule has 0 atom stereocenters. The number of likely N-dealkylation sites (N-methyl/N-ethyl adjacent to an activating group) is 2. The van der Waals surface area contributed by atoms with E-state index in [0.29, 0.717) is 13.1 Å². The molecule has 0 aliphatic heterocycles. The predicted molar refractivity (Wildman–Crippen MR) is 77.5 cm³/mol. The van der Waals surface area contributed by atoms with Gasteiger partial charge in [-0.25, -0.2) is 5.84 Å². The number of hydrazine groups is 1. The van der Waals surface area contributed by atoms with Gasteiger partial charge in [-0.15, -0.1) is 0 Å². The van der Waals surface area contributed by atoms with E-state index in [4.69, 9.17) is 5.84 Å². The molecule has 0 aliphatic carbocycles. The standard InChI is InChI=1S/C14H22N4O2/c1-17(2)14(20)10-18(3)9-12-6-4-11(5-7-12)8-13(19)16-15/h4-7H,8-10,15H2,1-3H3,(H,16,19). The lowest BCUT2D eigenvalue weighted by Gasteiger charge is -2.19. The van der Waals surface area contributed by atoms with Crippen LogP contribution in [0.4, 0.5) is 0 Å². The number of nitrogens with two attached hydrogens (primary N) is 1. The van der Waals surface area contributed by atoms with Gasteiger partial charge in [0.2, 0.25) is 11.8 Å². The largest absolute Gasteiger partial charge is 0.348 e. The Balaban J connectivity index is 2.52. The summed E-state index contributed by atoms with van der Waals surface area (Å²) in [6.45, 7) is 1.06. The Morgan fingerprint density at radius 3 is 2.15 bits per heavy atom. The van der Waals surface area contributed by atoms with Crippen LogP contribution in [0.2, 0.25) is 0 Å². The number of nitrogens with zero attached hydrogens (tertiary/aromatic N) is 2. The van der Waals surface area contributed by atoms with Crippen molar-refractivity contribution < 1.29 is 9.59 Å². The first-order valence-corrected chi connectivity index (χ1v) is 6.38. The van der Waals surface area contributed by atoms with Crippen molar-refractivity contribution in [3.8, 4) is 0 Å². The van der Waals surface area contributed by atoms with Crippen LogP contribution in [-0.4, -0.2) is 49.3 Å². The van der Waals surface area contributed by atoms with Gasteiger partial charge in [0.1, 0.15) is 0 Å². The van der Waals surface area contributed by atoms with Crippen molar-refractivity contribution in [2.75, 3.05) is 27.7 Å². The number of hydrogen-bond donors (Lipinski definition) is 2. The van der Waals surface area contributed by atoms with Gasteiger partial charge in [0.05, 0.1) is 13.0 Å². The second-order valence-corrected chi connectivity index (χ2v) is 5.02. The van der Waals surface area contributed by atoms with E-state index in [2.05, 4.69) is 5.43 Å². The average molecular weight is 278 g/mol. The zero-order chi connectivity index (χ0) is 15.1. The summed E-state index contributed by atoms with van der Waals surface area (Å²) >= 11 is 0. The number of hydrogen-bond acceptors (Lipinski definition) is 4. The molecule has 0 aromatic heterocycles. The molecule has 2 amide bonds. The molecular weight excluding hydrogens is 256 g/mol. The molecule has 6 heteroatoms. The lowest BCUT2D eigenvalue weighted by atomic mass is 10.1. The maximum absolute atomic E-state index is 11.6. The molecule has 20 heavy (non-hydrogen) atoms. The van der Waals surface area contributed by atoms with E-state index >= 15 is 0 Å². The second kappa shape index (κ2) is 7.62. The van der Waals surface area contributed by atoms with E-state index in [9.17, 15) is 9.59 Å². The van der Waals surface area contributed by atoms with E-state index in [1.165, 1.54) is 0 Å². The molecule has 1 rings (SSSR count). The van der Waals surface area contributed by atoms with Crippen molar-refractivity contribution in [2.45, 2.75) is 13.0 Å². The minimum Gasteiger partial charge on any atom is -0.348 e. The number of carbonyl (C=O) groups is 2. The molecule has 0 fully saturated rings. The lowest BCUT2D eigenvalue weighted by molar-refractivity contribution is -0.129. The molecule has 0 saturated carbocycles. The minimum absolute atomic E-state index is 0.0729. The monoisotopic (exact) mass is 278 g/mol. The van der Waals surface area contributed by atoms with E-state index in [1.807, 2.05) is 36.2 Å². The summed E-state index contributed by atoms with van der Waals surface area (Å²) in [6.07, 6.45) is 0.270. The van der Waals surface area contributed by atoms with Crippen molar-refractivity contribution in [3.63, 3.8) is 0 Å². The number of rotatable bonds is 6. The number of carbonyl (C=O) groups excluding carboxylic acids is 2. The molecule has 0 heterocycles. The maximum Gasteiger partial charge on any atom is 0.238 e. The van der Waals surface area contributed by atoms with Gasteiger partial charge < -0.3 is 4.90 Å². The Morgan fingerprint density at radius 1 is 1.10 bits per heavy atom. The van der Waals surface area contributed by atoms with Gasteiger partial charge in [-0.2, -0.15) is 0 Å². The molecule has 0 spiro atoms. The summed E-state index contributed by atoms with van der Waals surface area (Å²) in [5.41, 5.74) is 4.10. The average Bonchev–Trinajstić information content (AvgIpc) is 2.40. The highest BCUT2D eigenvalue weighted by Gasteiger charge is 2.09. The summed E-state index contributed by atoms with van der Waals surface area (Å²) in [7, 11) is 5.39. The third-order valence-electron chi connectivity index (χ3n) is 2.91. The molecule has 0 saturated heterocycles. The van der Waals surface area contributed by atoms with Crippen LogP contribution in [0.5, 0.6) is 0 Å². The van der Waals surface area contributed by atoms with Gasteiger partial charge in [0, 0.05) is 20.6 Å². The molecule has 110 valence electrons. The fraction of sp³-hybridized carbons (Fsp3) is 0.429. The third kappa shape index (κ3) is 5.38. The summed E-state index contributed by atoms with van der Waals surface area (Å²) < 4.78 is 0. The van der Waals surface area contributed by atoms with E-state index in [0.717, 1.165) is 11.1 Å². The van der Waals surface area contributed by atoms with Crippen LogP contribution in [-0.2, 0) is 22.6 Å². The van der Waals surface area contributed by atoms with Crippen molar-refractivity contribution >= 4 is 11.8 Å². The van der Waals surface area contributed by atoms with Crippen molar-refractivity contribution in [2.24, 2.45) is 5.84 Å². The van der Waals surface area contributed by atoms with E-state index in [1.54, 1.807) is 19.0 Å². The Bertz CT molecular complexity index is 457. The lowest BCUT2D eigenvalue weighted by Crippen LogP contribution is -2.34. The second-order valence-electron chi connectivity index (χ2n) is 5.02. The van der Waals surface area contributed by atoms with Gasteiger partial charge in [-0.05, 0) is 18.2 Å². The van der Waals surface area contributed by atoms with Gasteiger partial charge >= 0.3 is 0 Å². The molecule has 6 nitrogen and oxygen atoms in total. The van der Waals surface area contributed by atoms with Crippen molar-refractivity contribution in [1.29, 1.82) is 0 Å². The van der Waals surface area contributed by atoms with Crippen LogP contribution in [0.3, 0.4) is 0 Å². The fourth-order valence-corrected chi connectivity index (χ4v) is 1.74. The van der Waals surface area contributed by atoms with Crippen LogP contribution in [0, 0.1) is 0 Å². The van der Waals surface area contributed by atoms with Crippen LogP contribution in [0.1, 0.15) is 11.1 Å². The topological polar surface area (TPSA) is 78.7 Å². The first-order valence-electron chi connectivity index (χ1n) is 6.38. The quantitative estimate of drug-likeness (QED) is 0.427. The fourth-order valence-electron chi connectivity index (χ4n) is 1.74. The molecule has 0 bridgehead atoms. The third-order valence-corrected chi connectivity index (χ3v) is 2.91. The zero-order valence-electron chi connectivity index (χ0n) is 12.2. The van der Waals surface area contributed by atoms with Crippen LogP contribution >= 0.6 is 0 Å². The SMILES string of the molecule is CN(CC(=O)N(C)C)Cc1ccc(CC(=O)NN)cc1. The molecule has 0 aliphatic rings. The van der Waals surface area contributed by atoms with Crippen molar-refractivity contribution in [1.82, 2.24) is 15.2 Å². The van der Waals surface area contributed by atoms with Gasteiger partial charge in [-0.3, -0.25) is 19.9 Å². The number of benzene rings is 1. The zero-order valence-corrected chi connectivity index (χ0v) is 12.2. The molecule has 1 aromatic rings. The van der Waals surface area contributed by atoms with Crippen LogP contribution < -0.4 is 11.3 Å². The number of nitrogens with one attached hydrogen (secondary N) is 1. The number of amides is 2. The van der Waals surface area contributed by atoms with Gasteiger partial charge in [0.25, 0.3) is 0 Å². The van der Waals surface area contributed by atoms with Crippen LogP contribution in [0.25, 0.3) is 0 Å². The highest BCUT2D eigenvalue weighted by molar-refractivity contribution is 5.78. The summed E-state index contributed by atoms with van der Waals surface area (Å²) in [6, 6.07) is 7.70. The molecular formula is C14H22N4O2. The molecule has 3 N–H and O–H groups in total. The van der Waals surface area contributed by atoms with Crippen molar-refractivity contribution in [3.05, 3.63) is 35.4 Å².